The molecule has 0 aliphatic rings. The van der Waals surface area contributed by atoms with E-state index in [2.05, 4.69) is 5.32 Å². The number of carbonyl (C=O) groups is 2. The van der Waals surface area contributed by atoms with E-state index in [0.29, 0.717) is 31.7 Å². The number of aliphatic carboxylic acids is 1. The van der Waals surface area contributed by atoms with Crippen molar-refractivity contribution in [1.29, 1.82) is 0 Å². The van der Waals surface area contributed by atoms with E-state index in [9.17, 15) is 19.8 Å². The molecule has 0 saturated heterocycles. The molecule has 7 nitrogen and oxygen atoms in total. The van der Waals surface area contributed by atoms with Gasteiger partial charge in [-0.3, -0.25) is 0 Å². The number of hydrogen-bond donors (Lipinski definition) is 2. The van der Waals surface area contributed by atoms with E-state index in [1.54, 1.807) is 18.2 Å². The van der Waals surface area contributed by atoms with Gasteiger partial charge < -0.3 is 5.48 Å². The first kappa shape index (κ1) is 18.8. The van der Waals surface area contributed by atoms with Crippen LogP contribution >= 0.6 is 0 Å². The van der Waals surface area contributed by atoms with Crippen molar-refractivity contribution in [3.63, 3.8) is 0 Å². The van der Waals surface area contributed by atoms with Gasteiger partial charge in [0, 0.05) is 0 Å². The second-order valence-corrected chi connectivity index (χ2v) is 6.09. The molecule has 1 aromatic carbocycles. The molecule has 0 aliphatic heterocycles. The van der Waals surface area contributed by atoms with E-state index in [4.69, 9.17) is 4.74 Å². The van der Waals surface area contributed by atoms with Crippen molar-refractivity contribution < 1.29 is 57.6 Å². The Morgan fingerprint density at radius 3 is 2.80 bits per heavy atom. The second-order valence-electron chi connectivity index (χ2n) is 3.84. The molecule has 0 fully saturated rings. The maximum absolute atomic E-state index is 11.8. The smallest absolute Gasteiger partial charge is 1.00 e. The summed E-state index contributed by atoms with van der Waals surface area (Å²) in [5.74, 6) is -1.38. The zero-order chi connectivity index (χ0) is 14.3. The summed E-state index contributed by atoms with van der Waals surface area (Å²) in [4.78, 5) is 22.0. The van der Waals surface area contributed by atoms with Crippen molar-refractivity contribution in [2.45, 2.75) is 10.0 Å². The quantitative estimate of drug-likeness (QED) is 0.452. The number of amides is 1. The molecule has 1 amide bonds. The number of benzene rings is 1. The minimum absolute atomic E-state index is 0. The first-order valence-corrected chi connectivity index (χ1v) is 9.60. The summed E-state index contributed by atoms with van der Waals surface area (Å²) in [5.41, 5.74) is 0.348. The molecule has 0 aliphatic carbocycles. The number of carboxylic acid groups (broad SMARTS) is 1. The molecule has 0 bridgehead atoms. The molecule has 1 unspecified atom stereocenters. The van der Waals surface area contributed by atoms with Gasteiger partial charge in [0.1, 0.15) is 0 Å². The van der Waals surface area contributed by atoms with Crippen LogP contribution in [0.2, 0.25) is 3.93 Å². The van der Waals surface area contributed by atoms with Gasteiger partial charge in [-0.2, -0.15) is 0 Å². The Morgan fingerprint density at radius 1 is 1.50 bits per heavy atom. The first-order valence-electron chi connectivity index (χ1n) is 5.71. The van der Waals surface area contributed by atoms with Crippen LogP contribution in [-0.2, 0) is 30.9 Å². The number of rotatable bonds is 7. The molecule has 1 rings (SSSR count). The number of hydrogen-bond acceptors (Lipinski definition) is 5. The SMILES string of the molecule is O.O=C([O-])COc1cccc(C(=O)NCC(O)[CH2][Hg])c1.[H+]. The van der Waals surface area contributed by atoms with Crippen LogP contribution < -0.4 is 15.2 Å². The standard InChI is InChI=1S/C12H14NO5.Hg.H2O/c1-8(14)6-13-12(17)9-3-2-4-10(5-9)18-7-11(15)16;;/h2-5,8,14H,1,6-7H2,(H,13,17)(H,15,16);;1H2. The van der Waals surface area contributed by atoms with Crippen molar-refractivity contribution in [3.8, 4) is 5.75 Å². The van der Waals surface area contributed by atoms with Gasteiger partial charge in [-0.25, -0.2) is 0 Å². The second kappa shape index (κ2) is 9.68. The van der Waals surface area contributed by atoms with E-state index >= 15 is 0 Å². The monoisotopic (exact) mass is 472 g/mol. The van der Waals surface area contributed by atoms with E-state index in [1.807, 2.05) is 0 Å². The van der Waals surface area contributed by atoms with Crippen molar-refractivity contribution in [2.24, 2.45) is 0 Å². The molecule has 0 heterocycles. The van der Waals surface area contributed by atoms with E-state index in [1.165, 1.54) is 6.07 Å². The fourth-order valence-electron chi connectivity index (χ4n) is 1.28. The summed E-state index contributed by atoms with van der Waals surface area (Å²) < 4.78 is 5.67. The van der Waals surface area contributed by atoms with Crippen LogP contribution in [-0.4, -0.2) is 41.7 Å². The molecule has 0 radical (unpaired) electrons. The van der Waals surface area contributed by atoms with Gasteiger partial charge in [-0.1, -0.05) is 0 Å². The number of carboxylic acids is 1. The third-order valence-electron chi connectivity index (χ3n) is 2.28. The third kappa shape index (κ3) is 6.83. The molecule has 0 aromatic heterocycles. The van der Waals surface area contributed by atoms with Gasteiger partial charge in [0.05, 0.1) is 0 Å². The predicted molar refractivity (Wildman–Crippen MR) is 64.8 cm³/mol. The van der Waals surface area contributed by atoms with Crippen molar-refractivity contribution >= 4 is 11.9 Å². The molecule has 107 valence electrons. The normalized spacial score (nSPS) is 11.2. The van der Waals surface area contributed by atoms with Gasteiger partial charge >= 0.3 is 128 Å². The Morgan fingerprint density at radius 2 is 2.20 bits per heavy atom. The van der Waals surface area contributed by atoms with Crippen LogP contribution in [0.25, 0.3) is 0 Å². The zero-order valence-electron chi connectivity index (χ0n) is 11.8. The fraction of sp³-hybridized carbons (Fsp3) is 0.333. The minimum Gasteiger partial charge on any atom is 1.00 e. The maximum atomic E-state index is 11.8. The summed E-state index contributed by atoms with van der Waals surface area (Å²) in [6.07, 6.45) is -0.496. The number of nitrogens with one attached hydrogen (secondary N) is 1. The predicted octanol–water partition coefficient (Wildman–Crippen LogP) is -1.84. The summed E-state index contributed by atoms with van der Waals surface area (Å²) in [7, 11) is 0. The Labute approximate surface area is 133 Å². The Kier molecular flexibility index (Phi) is 9.10. The molecule has 0 saturated carbocycles. The maximum Gasteiger partial charge on any atom is 1.00 e. The first-order chi connectivity index (χ1) is 9.02. The summed E-state index contributed by atoms with van der Waals surface area (Å²) >= 11 is 0.490. The Bertz CT molecular complexity index is 459. The van der Waals surface area contributed by atoms with Crippen LogP contribution in [0.5, 0.6) is 5.75 Å². The number of aliphatic hydroxyl groups is 1. The largest absolute Gasteiger partial charge is 1.00 e. The van der Waals surface area contributed by atoms with Gasteiger partial charge in [-0.15, -0.1) is 0 Å². The van der Waals surface area contributed by atoms with Crippen molar-refractivity contribution in [1.82, 2.24) is 5.32 Å². The summed E-state index contributed by atoms with van der Waals surface area (Å²) in [5, 5.41) is 22.3. The summed E-state index contributed by atoms with van der Waals surface area (Å²) in [6.45, 7) is -0.349. The molecule has 4 N–H and O–H groups in total. The third-order valence-corrected chi connectivity index (χ3v) is 4.88. The minimum atomic E-state index is -1.33. The van der Waals surface area contributed by atoms with E-state index in [0.717, 1.165) is 3.93 Å². The van der Waals surface area contributed by atoms with Crippen LogP contribution in [0.3, 0.4) is 0 Å². The zero-order valence-corrected chi connectivity index (χ0v) is 16.3. The van der Waals surface area contributed by atoms with Crippen LogP contribution in [0, 0.1) is 0 Å². The molecule has 8 heteroatoms. The van der Waals surface area contributed by atoms with E-state index < -0.39 is 18.7 Å². The average molecular weight is 471 g/mol. The Balaban J connectivity index is 0. The van der Waals surface area contributed by atoms with E-state index in [-0.39, 0.29) is 25.1 Å². The van der Waals surface area contributed by atoms with Gasteiger partial charge in [0.15, 0.2) is 0 Å². The molecule has 20 heavy (non-hydrogen) atoms. The molecular formula is C12H16HgNO6. The van der Waals surface area contributed by atoms with Crippen molar-refractivity contribution in [3.05, 3.63) is 29.8 Å². The molecule has 1 aromatic rings. The van der Waals surface area contributed by atoms with Crippen LogP contribution in [0.15, 0.2) is 24.3 Å². The molecule has 0 spiro atoms. The van der Waals surface area contributed by atoms with Gasteiger partial charge in [-0.05, 0) is 0 Å². The fourth-order valence-corrected chi connectivity index (χ4v) is 2.08. The van der Waals surface area contributed by atoms with Gasteiger partial charge in [0.25, 0.3) is 0 Å². The van der Waals surface area contributed by atoms with Crippen LogP contribution in [0.1, 0.15) is 11.8 Å². The van der Waals surface area contributed by atoms with Crippen molar-refractivity contribution in [2.75, 3.05) is 13.2 Å². The molecular weight excluding hydrogens is 455 g/mol. The van der Waals surface area contributed by atoms with Gasteiger partial charge in [0.2, 0.25) is 0 Å². The van der Waals surface area contributed by atoms with Crippen LogP contribution in [0.4, 0.5) is 0 Å². The average Bonchev–Trinajstić information content (AvgIpc) is 2.42. The Hall–Kier alpha value is -1.18. The number of carbonyl (C=O) groups excluding carboxylic acids is 2. The summed E-state index contributed by atoms with van der Waals surface area (Å²) in [6, 6.07) is 6.16. The number of aliphatic hydroxyl groups excluding tert-OH is 1. The molecule has 1 atom stereocenters. The topological polar surface area (TPSA) is 130 Å². The number of ether oxygens (including phenoxy) is 1.